The minimum atomic E-state index is -3.52. The molecule has 1 aromatic heterocycles. The van der Waals surface area contributed by atoms with Crippen molar-refractivity contribution in [3.05, 3.63) is 55.9 Å². The van der Waals surface area contributed by atoms with Gasteiger partial charge in [0.2, 0.25) is 0 Å². The minimum Gasteiger partial charge on any atom is -0.347 e. The van der Waals surface area contributed by atoms with Gasteiger partial charge in [0.15, 0.2) is 0 Å². The van der Waals surface area contributed by atoms with Gasteiger partial charge in [-0.05, 0) is 37.1 Å². The van der Waals surface area contributed by atoms with Gasteiger partial charge in [-0.2, -0.15) is 4.31 Å². The number of nitro groups is 1. The average molecular weight is 444 g/mol. The highest BCUT2D eigenvalue weighted by atomic mass is 35.5. The number of carbonyl (C=O) groups excluding carboxylic acids is 1. The van der Waals surface area contributed by atoms with Crippen molar-refractivity contribution < 1.29 is 18.1 Å². The molecule has 0 spiro atoms. The predicted octanol–water partition coefficient (Wildman–Crippen LogP) is 3.41. The van der Waals surface area contributed by atoms with Crippen LogP contribution < -0.4 is 5.32 Å². The molecule has 0 saturated carbocycles. The molecule has 0 unspecified atom stereocenters. The van der Waals surface area contributed by atoms with Crippen LogP contribution in [0.3, 0.4) is 0 Å². The number of rotatable bonds is 6. The summed E-state index contributed by atoms with van der Waals surface area (Å²) in [4.78, 5) is 23.4. The molecule has 0 bridgehead atoms. The second kappa shape index (κ2) is 8.56. The summed E-state index contributed by atoms with van der Waals surface area (Å²) in [5, 5.41) is 13.9. The summed E-state index contributed by atoms with van der Waals surface area (Å²) < 4.78 is 27.1. The number of hydrogen-bond acceptors (Lipinski definition) is 6. The molecule has 8 nitrogen and oxygen atoms in total. The van der Waals surface area contributed by atoms with E-state index in [0.717, 1.165) is 36.7 Å². The maximum atomic E-state index is 12.7. The molecular formula is C17H18ClN3O5S2. The second-order valence-corrected chi connectivity index (χ2v) is 10.1. The van der Waals surface area contributed by atoms with E-state index in [1.165, 1.54) is 22.5 Å². The van der Waals surface area contributed by atoms with Gasteiger partial charge < -0.3 is 5.32 Å². The number of nitro benzene ring substituents is 1. The first kappa shape index (κ1) is 20.7. The van der Waals surface area contributed by atoms with Gasteiger partial charge in [0.05, 0.1) is 11.5 Å². The van der Waals surface area contributed by atoms with Crippen LogP contribution >= 0.6 is 22.9 Å². The SMILES string of the molecule is O=C(NCc1ccc(S(=O)(=O)N2CCCCC2)s1)c1ccc(Cl)cc1[N+](=O)[O-]. The van der Waals surface area contributed by atoms with Crippen LogP contribution in [-0.4, -0.2) is 36.6 Å². The number of amides is 1. The predicted molar refractivity (Wildman–Crippen MR) is 106 cm³/mol. The molecule has 1 aliphatic heterocycles. The normalized spacial score (nSPS) is 15.3. The number of benzene rings is 1. The third kappa shape index (κ3) is 4.52. The first-order chi connectivity index (χ1) is 13.3. The van der Waals surface area contributed by atoms with Crippen molar-refractivity contribution in [2.24, 2.45) is 0 Å². The summed E-state index contributed by atoms with van der Waals surface area (Å²) in [5.41, 5.74) is -0.489. The highest BCUT2D eigenvalue weighted by Crippen LogP contribution is 2.27. The molecule has 1 amide bonds. The fourth-order valence-corrected chi connectivity index (χ4v) is 6.07. The Bertz CT molecular complexity index is 1000. The summed E-state index contributed by atoms with van der Waals surface area (Å²) >= 11 is 6.84. The number of hydrogen-bond donors (Lipinski definition) is 1. The van der Waals surface area contributed by atoms with Crippen molar-refractivity contribution in [2.45, 2.75) is 30.0 Å². The molecule has 1 aromatic carbocycles. The molecule has 28 heavy (non-hydrogen) atoms. The summed E-state index contributed by atoms with van der Waals surface area (Å²) in [6.45, 7) is 1.11. The molecular weight excluding hydrogens is 426 g/mol. The van der Waals surface area contributed by atoms with E-state index in [-0.39, 0.29) is 27.0 Å². The Hall–Kier alpha value is -2.01. The maximum absolute atomic E-state index is 12.7. The summed E-state index contributed by atoms with van der Waals surface area (Å²) in [5.74, 6) is -0.628. The zero-order chi connectivity index (χ0) is 20.3. The topological polar surface area (TPSA) is 110 Å². The van der Waals surface area contributed by atoms with Crippen LogP contribution in [0.1, 0.15) is 34.5 Å². The number of sulfonamides is 1. The van der Waals surface area contributed by atoms with Gasteiger partial charge in [0.1, 0.15) is 9.77 Å². The highest BCUT2D eigenvalue weighted by Gasteiger charge is 2.27. The highest BCUT2D eigenvalue weighted by molar-refractivity contribution is 7.91. The van der Waals surface area contributed by atoms with Gasteiger partial charge in [-0.1, -0.05) is 18.0 Å². The minimum absolute atomic E-state index is 0.0683. The van der Waals surface area contributed by atoms with Crippen molar-refractivity contribution >= 4 is 44.6 Å². The Morgan fingerprint density at radius 1 is 1.21 bits per heavy atom. The maximum Gasteiger partial charge on any atom is 0.283 e. The molecule has 150 valence electrons. The quantitative estimate of drug-likeness (QED) is 0.543. The monoisotopic (exact) mass is 443 g/mol. The van der Waals surface area contributed by atoms with Crippen LogP contribution in [0.4, 0.5) is 5.69 Å². The van der Waals surface area contributed by atoms with Crippen molar-refractivity contribution in [2.75, 3.05) is 13.1 Å². The summed E-state index contributed by atoms with van der Waals surface area (Å²) in [6.07, 6.45) is 2.74. The lowest BCUT2D eigenvalue weighted by Crippen LogP contribution is -2.35. The van der Waals surface area contributed by atoms with Gasteiger partial charge in [-0.3, -0.25) is 14.9 Å². The van der Waals surface area contributed by atoms with E-state index >= 15 is 0 Å². The first-order valence-corrected chi connectivity index (χ1v) is 11.2. The Kier molecular flexibility index (Phi) is 6.33. The molecule has 1 fully saturated rings. The number of carbonyl (C=O) groups is 1. The third-order valence-corrected chi connectivity index (χ3v) is 8.06. The van der Waals surface area contributed by atoms with Crippen LogP contribution in [0.5, 0.6) is 0 Å². The smallest absolute Gasteiger partial charge is 0.283 e. The van der Waals surface area contributed by atoms with E-state index < -0.39 is 20.9 Å². The van der Waals surface area contributed by atoms with Crippen molar-refractivity contribution in [3.63, 3.8) is 0 Å². The number of nitrogens with one attached hydrogen (secondary N) is 1. The van der Waals surface area contributed by atoms with E-state index in [1.807, 2.05) is 0 Å². The summed E-state index contributed by atoms with van der Waals surface area (Å²) in [6, 6.07) is 6.97. The van der Waals surface area contributed by atoms with Crippen molar-refractivity contribution in [1.82, 2.24) is 9.62 Å². The molecule has 1 aliphatic rings. The molecule has 0 atom stereocenters. The number of halogens is 1. The van der Waals surface area contributed by atoms with Gasteiger partial charge in [0.25, 0.3) is 21.6 Å². The number of nitrogens with zero attached hydrogens (tertiary/aromatic N) is 2. The van der Waals surface area contributed by atoms with Crippen LogP contribution in [0.2, 0.25) is 5.02 Å². The Morgan fingerprint density at radius 3 is 2.61 bits per heavy atom. The van der Waals surface area contributed by atoms with Crippen LogP contribution in [0.25, 0.3) is 0 Å². The zero-order valence-corrected chi connectivity index (χ0v) is 17.1. The van der Waals surface area contributed by atoms with Crippen LogP contribution in [0, 0.1) is 10.1 Å². The van der Waals surface area contributed by atoms with Gasteiger partial charge in [-0.15, -0.1) is 11.3 Å². The van der Waals surface area contributed by atoms with E-state index in [0.29, 0.717) is 18.0 Å². The molecule has 3 rings (SSSR count). The lowest BCUT2D eigenvalue weighted by atomic mass is 10.1. The number of piperidine rings is 1. The van der Waals surface area contributed by atoms with Crippen molar-refractivity contribution in [1.29, 1.82) is 0 Å². The van der Waals surface area contributed by atoms with E-state index in [9.17, 15) is 23.3 Å². The molecule has 2 heterocycles. The molecule has 1 saturated heterocycles. The Labute approximate surface area is 171 Å². The molecule has 0 radical (unpaired) electrons. The molecule has 11 heteroatoms. The summed E-state index contributed by atoms with van der Waals surface area (Å²) in [7, 11) is -3.52. The molecule has 1 N–H and O–H groups in total. The van der Waals surface area contributed by atoms with E-state index in [4.69, 9.17) is 11.6 Å². The van der Waals surface area contributed by atoms with Gasteiger partial charge in [-0.25, -0.2) is 8.42 Å². The van der Waals surface area contributed by atoms with Gasteiger partial charge in [0, 0.05) is 29.1 Å². The fourth-order valence-electron chi connectivity index (χ4n) is 2.93. The zero-order valence-electron chi connectivity index (χ0n) is 14.8. The van der Waals surface area contributed by atoms with E-state index in [1.54, 1.807) is 6.07 Å². The Morgan fingerprint density at radius 2 is 1.93 bits per heavy atom. The fraction of sp³-hybridized carbons (Fsp3) is 0.353. The van der Waals surface area contributed by atoms with Gasteiger partial charge >= 0.3 is 0 Å². The standard InChI is InChI=1S/C17H18ClN3O5S2/c18-12-4-6-14(15(10-12)21(23)24)17(22)19-11-13-5-7-16(27-13)28(25,26)20-8-2-1-3-9-20/h4-7,10H,1-3,8-9,11H2,(H,19,22). The molecule has 0 aliphatic carbocycles. The Balaban J connectivity index is 1.69. The van der Waals surface area contributed by atoms with Crippen LogP contribution in [0.15, 0.2) is 34.5 Å². The van der Waals surface area contributed by atoms with Crippen LogP contribution in [-0.2, 0) is 16.6 Å². The lowest BCUT2D eigenvalue weighted by Gasteiger charge is -2.25. The van der Waals surface area contributed by atoms with E-state index in [2.05, 4.69) is 5.32 Å². The first-order valence-electron chi connectivity index (χ1n) is 8.60. The number of thiophene rings is 1. The molecule has 2 aromatic rings. The largest absolute Gasteiger partial charge is 0.347 e. The second-order valence-electron chi connectivity index (χ2n) is 6.29. The van der Waals surface area contributed by atoms with Crippen molar-refractivity contribution in [3.8, 4) is 0 Å². The lowest BCUT2D eigenvalue weighted by molar-refractivity contribution is -0.385. The average Bonchev–Trinajstić information content (AvgIpc) is 3.16. The third-order valence-electron chi connectivity index (χ3n) is 4.37.